The van der Waals surface area contributed by atoms with E-state index in [0.29, 0.717) is 18.7 Å². The number of hydrogen-bond acceptors (Lipinski definition) is 3. The van der Waals surface area contributed by atoms with Crippen LogP contribution in [0.25, 0.3) is 11.0 Å². The number of carbonyl (C=O) groups is 1. The van der Waals surface area contributed by atoms with E-state index in [0.717, 1.165) is 33.5 Å². The Morgan fingerprint density at radius 1 is 1.29 bits per heavy atom. The summed E-state index contributed by atoms with van der Waals surface area (Å²) in [6.45, 7) is 11.7. The Bertz CT molecular complexity index is 793. The second-order valence-corrected chi connectivity index (χ2v) is 6.65. The Labute approximate surface area is 142 Å². The van der Waals surface area contributed by atoms with Gasteiger partial charge in [0.25, 0.3) is 5.91 Å². The topological polar surface area (TPSA) is 63.8 Å². The first-order chi connectivity index (χ1) is 11.3. The van der Waals surface area contributed by atoms with E-state index in [1.165, 1.54) is 0 Å². The monoisotopic (exact) mass is 331 g/mol. The number of rotatable bonds is 6. The third-order valence-electron chi connectivity index (χ3n) is 4.32. The van der Waals surface area contributed by atoms with E-state index in [1.807, 2.05) is 46.8 Å². The summed E-state index contributed by atoms with van der Waals surface area (Å²) in [5, 5.41) is 3.87. The van der Waals surface area contributed by atoms with Crippen LogP contribution in [0.2, 0.25) is 0 Å². The molecular weight excluding hydrogens is 304 g/mol. The van der Waals surface area contributed by atoms with Gasteiger partial charge in [-0.05, 0) is 45.7 Å². The number of carbonyl (C=O) groups excluding carboxylic acids is 1. The van der Waals surface area contributed by atoms with E-state index < -0.39 is 0 Å². The summed E-state index contributed by atoms with van der Waals surface area (Å²) >= 11 is 0. The molecular formula is C19H27N2O3+. The van der Waals surface area contributed by atoms with Crippen LogP contribution < -0.4 is 15.8 Å². The van der Waals surface area contributed by atoms with Gasteiger partial charge in [0.1, 0.15) is 12.1 Å². The highest BCUT2D eigenvalue weighted by Crippen LogP contribution is 2.22. The van der Waals surface area contributed by atoms with Crippen LogP contribution in [0.3, 0.4) is 0 Å². The molecule has 1 amide bonds. The number of aryl methyl sites for hydroxylation is 2. The standard InChI is InChI=1S/C19H26N2O3/c1-6-21(11-17(22)20-12(2)3)10-15-9-18(23)24-19-14(5)13(4)7-8-16(15)19/h7-9,12H,6,10-11H2,1-5H3,(H,20,22)/p+1. The zero-order valence-electron chi connectivity index (χ0n) is 15.2. The number of nitrogens with one attached hydrogen (secondary N) is 2. The van der Waals surface area contributed by atoms with Gasteiger partial charge in [0.05, 0.1) is 6.54 Å². The van der Waals surface area contributed by atoms with Gasteiger partial charge < -0.3 is 14.6 Å². The molecule has 24 heavy (non-hydrogen) atoms. The summed E-state index contributed by atoms with van der Waals surface area (Å²) in [6.07, 6.45) is 0. The van der Waals surface area contributed by atoms with Crippen molar-refractivity contribution in [3.63, 3.8) is 0 Å². The van der Waals surface area contributed by atoms with Crippen molar-refractivity contribution in [3.8, 4) is 0 Å². The molecule has 1 aromatic heterocycles. The van der Waals surface area contributed by atoms with Crippen LogP contribution in [0.1, 0.15) is 37.5 Å². The van der Waals surface area contributed by atoms with Crippen molar-refractivity contribution in [1.29, 1.82) is 0 Å². The molecule has 2 rings (SSSR count). The lowest BCUT2D eigenvalue weighted by atomic mass is 10.0. The highest BCUT2D eigenvalue weighted by atomic mass is 16.4. The predicted octanol–water partition coefficient (Wildman–Crippen LogP) is 1.34. The van der Waals surface area contributed by atoms with E-state index in [4.69, 9.17) is 4.42 Å². The van der Waals surface area contributed by atoms with Crippen molar-refractivity contribution in [1.82, 2.24) is 5.32 Å². The summed E-state index contributed by atoms with van der Waals surface area (Å²) < 4.78 is 5.42. The second kappa shape index (κ2) is 7.62. The van der Waals surface area contributed by atoms with Gasteiger partial charge in [0.2, 0.25) is 0 Å². The molecule has 0 saturated carbocycles. The number of quaternary nitrogens is 1. The largest absolute Gasteiger partial charge is 0.422 e. The quantitative estimate of drug-likeness (QED) is 0.785. The summed E-state index contributed by atoms with van der Waals surface area (Å²) in [4.78, 5) is 25.1. The molecule has 0 aliphatic rings. The van der Waals surface area contributed by atoms with E-state index in [1.54, 1.807) is 6.07 Å². The van der Waals surface area contributed by atoms with Gasteiger partial charge >= 0.3 is 5.63 Å². The summed E-state index contributed by atoms with van der Waals surface area (Å²) in [5.41, 5.74) is 3.33. The van der Waals surface area contributed by atoms with Crippen molar-refractivity contribution >= 4 is 16.9 Å². The third kappa shape index (κ3) is 4.23. The smallest absolute Gasteiger partial charge is 0.336 e. The van der Waals surface area contributed by atoms with Gasteiger partial charge in [-0.3, -0.25) is 4.79 Å². The number of amides is 1. The first-order valence-corrected chi connectivity index (χ1v) is 8.47. The first kappa shape index (κ1) is 18.2. The summed E-state index contributed by atoms with van der Waals surface area (Å²) in [5.74, 6) is 0.0288. The van der Waals surface area contributed by atoms with Gasteiger partial charge in [0.15, 0.2) is 6.54 Å². The molecule has 2 N–H and O–H groups in total. The summed E-state index contributed by atoms with van der Waals surface area (Å²) in [6, 6.07) is 5.72. The van der Waals surface area contributed by atoms with Gasteiger partial charge in [0, 0.05) is 23.1 Å². The minimum absolute atomic E-state index is 0.0288. The highest BCUT2D eigenvalue weighted by Gasteiger charge is 2.17. The fraction of sp³-hybridized carbons (Fsp3) is 0.474. The van der Waals surface area contributed by atoms with Crippen molar-refractivity contribution < 1.29 is 14.1 Å². The molecule has 1 atom stereocenters. The maximum absolute atomic E-state index is 12.0. The molecule has 130 valence electrons. The van der Waals surface area contributed by atoms with Gasteiger partial charge in [-0.25, -0.2) is 4.79 Å². The molecule has 5 nitrogen and oxygen atoms in total. The SMILES string of the molecule is CC[NH+](CC(=O)NC(C)C)Cc1cc(=O)oc2c(C)c(C)ccc12. The molecule has 0 spiro atoms. The fourth-order valence-electron chi connectivity index (χ4n) is 2.85. The molecule has 5 heteroatoms. The maximum atomic E-state index is 12.0. The van der Waals surface area contributed by atoms with Crippen LogP contribution in [-0.4, -0.2) is 25.0 Å². The van der Waals surface area contributed by atoms with Crippen molar-refractivity contribution in [2.24, 2.45) is 0 Å². The van der Waals surface area contributed by atoms with Gasteiger partial charge in [-0.15, -0.1) is 0 Å². The first-order valence-electron chi connectivity index (χ1n) is 8.47. The van der Waals surface area contributed by atoms with Gasteiger partial charge in [-0.2, -0.15) is 0 Å². The number of hydrogen-bond donors (Lipinski definition) is 2. The molecule has 0 aliphatic heterocycles. The van der Waals surface area contributed by atoms with E-state index >= 15 is 0 Å². The van der Waals surface area contributed by atoms with Crippen LogP contribution in [0, 0.1) is 13.8 Å². The highest BCUT2D eigenvalue weighted by molar-refractivity contribution is 5.83. The lowest BCUT2D eigenvalue weighted by Gasteiger charge is -2.19. The molecule has 0 bridgehead atoms. The number of likely N-dealkylation sites (N-methyl/N-ethyl adjacent to an activating group) is 1. The Morgan fingerprint density at radius 3 is 2.62 bits per heavy atom. The molecule has 0 radical (unpaired) electrons. The van der Waals surface area contributed by atoms with Crippen LogP contribution in [0.4, 0.5) is 0 Å². The Hall–Kier alpha value is -2.14. The summed E-state index contributed by atoms with van der Waals surface area (Å²) in [7, 11) is 0. The van der Waals surface area contributed by atoms with Crippen LogP contribution >= 0.6 is 0 Å². The Morgan fingerprint density at radius 2 is 2.00 bits per heavy atom. The average Bonchev–Trinajstić information content (AvgIpc) is 2.49. The van der Waals surface area contributed by atoms with E-state index in [9.17, 15) is 9.59 Å². The minimum Gasteiger partial charge on any atom is -0.422 e. The molecule has 1 aromatic carbocycles. The lowest BCUT2D eigenvalue weighted by Crippen LogP contribution is -3.11. The molecule has 2 aromatic rings. The normalized spacial score (nSPS) is 12.6. The third-order valence-corrected chi connectivity index (χ3v) is 4.32. The van der Waals surface area contributed by atoms with E-state index in [2.05, 4.69) is 5.32 Å². The Balaban J connectivity index is 2.32. The number of benzene rings is 1. The minimum atomic E-state index is -0.340. The average molecular weight is 331 g/mol. The lowest BCUT2D eigenvalue weighted by molar-refractivity contribution is -0.904. The molecule has 0 fully saturated rings. The van der Waals surface area contributed by atoms with Crippen molar-refractivity contribution in [2.45, 2.75) is 47.2 Å². The fourth-order valence-corrected chi connectivity index (χ4v) is 2.85. The zero-order valence-corrected chi connectivity index (χ0v) is 15.2. The molecule has 0 aliphatic carbocycles. The van der Waals surface area contributed by atoms with Crippen molar-refractivity contribution in [2.75, 3.05) is 13.1 Å². The molecule has 0 saturated heterocycles. The van der Waals surface area contributed by atoms with Crippen LogP contribution in [0.15, 0.2) is 27.4 Å². The second-order valence-electron chi connectivity index (χ2n) is 6.65. The van der Waals surface area contributed by atoms with Gasteiger partial charge in [-0.1, -0.05) is 12.1 Å². The maximum Gasteiger partial charge on any atom is 0.336 e. The van der Waals surface area contributed by atoms with Crippen molar-refractivity contribution in [3.05, 3.63) is 45.3 Å². The zero-order chi connectivity index (χ0) is 17.9. The van der Waals surface area contributed by atoms with Crippen LogP contribution in [-0.2, 0) is 11.3 Å². The molecule has 1 unspecified atom stereocenters. The molecule has 1 heterocycles. The van der Waals surface area contributed by atoms with E-state index in [-0.39, 0.29) is 17.6 Å². The number of fused-ring (bicyclic) bond motifs is 1. The van der Waals surface area contributed by atoms with Crippen LogP contribution in [0.5, 0.6) is 0 Å². The Kier molecular flexibility index (Phi) is 5.78. The predicted molar refractivity (Wildman–Crippen MR) is 95.3 cm³/mol.